The van der Waals surface area contributed by atoms with E-state index in [0.717, 1.165) is 31.4 Å². The van der Waals surface area contributed by atoms with E-state index < -0.39 is 33.6 Å². The largest absolute Gasteiger partial charge is 0.392 e. The number of halogens is 1. The van der Waals surface area contributed by atoms with Crippen LogP contribution in [0.3, 0.4) is 0 Å². The molecule has 6 nitrogen and oxygen atoms in total. The van der Waals surface area contributed by atoms with Gasteiger partial charge in [-0.25, -0.2) is 4.39 Å². The summed E-state index contributed by atoms with van der Waals surface area (Å²) in [5.74, 6) is -1.39. The number of nitrogens with zero attached hydrogens (tertiary/aromatic N) is 2. The van der Waals surface area contributed by atoms with Crippen LogP contribution in [0.25, 0.3) is 0 Å². The SMILES string of the molecule is CCC1CCC(C)N1C(=O)c1c(F)ccc([N+](=O)[O-])c1N. The van der Waals surface area contributed by atoms with E-state index in [1.807, 2.05) is 13.8 Å². The standard InChI is InChI=1S/C14H18FN3O3/c1-3-9-5-4-8(2)17(9)14(19)12-10(15)6-7-11(13(12)16)18(20)21/h6-9H,3-5,16H2,1-2H3. The van der Waals surface area contributed by atoms with E-state index in [9.17, 15) is 19.3 Å². The summed E-state index contributed by atoms with van der Waals surface area (Å²) in [6.07, 6.45) is 2.44. The van der Waals surface area contributed by atoms with E-state index in [1.54, 1.807) is 4.90 Å². The van der Waals surface area contributed by atoms with Crippen molar-refractivity contribution in [2.45, 2.75) is 45.2 Å². The van der Waals surface area contributed by atoms with Crippen LogP contribution in [0.2, 0.25) is 0 Å². The summed E-state index contributed by atoms with van der Waals surface area (Å²) in [5, 5.41) is 10.9. The number of amides is 1. The minimum absolute atomic E-state index is 0.0190. The van der Waals surface area contributed by atoms with Crippen LogP contribution in [-0.2, 0) is 0 Å². The Balaban J connectivity index is 2.48. The van der Waals surface area contributed by atoms with Gasteiger partial charge in [-0.1, -0.05) is 6.92 Å². The first-order valence-electron chi connectivity index (χ1n) is 6.93. The third kappa shape index (κ3) is 2.55. The van der Waals surface area contributed by atoms with Gasteiger partial charge in [0.15, 0.2) is 0 Å². The molecule has 114 valence electrons. The lowest BCUT2D eigenvalue weighted by Crippen LogP contribution is -2.40. The molecule has 7 heteroatoms. The van der Waals surface area contributed by atoms with Crippen molar-refractivity contribution in [2.24, 2.45) is 0 Å². The fraction of sp³-hybridized carbons (Fsp3) is 0.500. The second-order valence-corrected chi connectivity index (χ2v) is 5.31. The molecule has 2 unspecified atom stereocenters. The molecular formula is C14H18FN3O3. The van der Waals surface area contributed by atoms with Gasteiger partial charge in [-0.05, 0) is 32.3 Å². The van der Waals surface area contributed by atoms with Crippen LogP contribution in [0.15, 0.2) is 12.1 Å². The molecule has 1 aliphatic heterocycles. The number of nitro benzene ring substituents is 1. The van der Waals surface area contributed by atoms with E-state index in [0.29, 0.717) is 0 Å². The zero-order valence-corrected chi connectivity index (χ0v) is 12.0. The predicted molar refractivity (Wildman–Crippen MR) is 76.4 cm³/mol. The Morgan fingerprint density at radius 2 is 2.19 bits per heavy atom. The summed E-state index contributed by atoms with van der Waals surface area (Å²) >= 11 is 0. The molecule has 0 spiro atoms. The monoisotopic (exact) mass is 295 g/mol. The molecule has 0 aromatic heterocycles. The number of nitro groups is 1. The number of carbonyl (C=O) groups excluding carboxylic acids is 1. The first-order chi connectivity index (χ1) is 9.88. The van der Waals surface area contributed by atoms with Crippen molar-refractivity contribution in [3.8, 4) is 0 Å². The molecule has 1 aromatic rings. The summed E-state index contributed by atoms with van der Waals surface area (Å²) < 4.78 is 14.0. The molecule has 2 N–H and O–H groups in total. The first kappa shape index (κ1) is 15.2. The van der Waals surface area contributed by atoms with Gasteiger partial charge in [0, 0.05) is 18.2 Å². The predicted octanol–water partition coefficient (Wildman–Crippen LogP) is 2.72. The average molecular weight is 295 g/mol. The van der Waals surface area contributed by atoms with E-state index in [4.69, 9.17) is 5.73 Å². The summed E-state index contributed by atoms with van der Waals surface area (Å²) in [5.41, 5.74) is 4.42. The summed E-state index contributed by atoms with van der Waals surface area (Å²) in [4.78, 5) is 24.4. The van der Waals surface area contributed by atoms with E-state index in [-0.39, 0.29) is 12.1 Å². The average Bonchev–Trinajstić information content (AvgIpc) is 2.79. The summed E-state index contributed by atoms with van der Waals surface area (Å²) in [6, 6.07) is 1.89. The van der Waals surface area contributed by atoms with Crippen molar-refractivity contribution in [3.05, 3.63) is 33.6 Å². The van der Waals surface area contributed by atoms with Gasteiger partial charge in [-0.3, -0.25) is 14.9 Å². The fourth-order valence-corrected chi connectivity index (χ4v) is 2.93. The van der Waals surface area contributed by atoms with Crippen molar-refractivity contribution >= 4 is 17.3 Å². The first-order valence-corrected chi connectivity index (χ1v) is 6.93. The van der Waals surface area contributed by atoms with Gasteiger partial charge in [-0.15, -0.1) is 0 Å². The maximum absolute atomic E-state index is 14.0. The number of rotatable bonds is 3. The normalized spacial score (nSPS) is 21.6. The number of hydrogen-bond acceptors (Lipinski definition) is 4. The highest BCUT2D eigenvalue weighted by atomic mass is 19.1. The number of nitrogen functional groups attached to an aromatic ring is 1. The molecule has 1 fully saturated rings. The van der Waals surface area contributed by atoms with Gasteiger partial charge >= 0.3 is 0 Å². The van der Waals surface area contributed by atoms with Gasteiger partial charge in [0.2, 0.25) is 0 Å². The van der Waals surface area contributed by atoms with Crippen LogP contribution >= 0.6 is 0 Å². The molecule has 1 aromatic carbocycles. The van der Waals surface area contributed by atoms with Crippen LogP contribution in [0.5, 0.6) is 0 Å². The van der Waals surface area contributed by atoms with E-state index >= 15 is 0 Å². The van der Waals surface area contributed by atoms with Crippen molar-refractivity contribution < 1.29 is 14.1 Å². The van der Waals surface area contributed by atoms with Crippen LogP contribution in [0, 0.1) is 15.9 Å². The van der Waals surface area contributed by atoms with Crippen molar-refractivity contribution in [1.82, 2.24) is 4.90 Å². The Bertz CT molecular complexity index is 591. The van der Waals surface area contributed by atoms with Crippen molar-refractivity contribution in [2.75, 3.05) is 5.73 Å². The third-order valence-corrected chi connectivity index (χ3v) is 4.07. The highest BCUT2D eigenvalue weighted by Crippen LogP contribution is 2.33. The van der Waals surface area contributed by atoms with Crippen molar-refractivity contribution in [1.29, 1.82) is 0 Å². The fourth-order valence-electron chi connectivity index (χ4n) is 2.93. The molecule has 0 bridgehead atoms. The Kier molecular flexibility index (Phi) is 4.11. The van der Waals surface area contributed by atoms with Gasteiger partial charge in [0.25, 0.3) is 11.6 Å². The maximum Gasteiger partial charge on any atom is 0.293 e. The van der Waals surface area contributed by atoms with E-state index in [2.05, 4.69) is 0 Å². The minimum Gasteiger partial charge on any atom is -0.392 e. The molecule has 1 heterocycles. The number of carbonyl (C=O) groups is 1. The van der Waals surface area contributed by atoms with Crippen LogP contribution in [-0.4, -0.2) is 27.8 Å². The highest BCUT2D eigenvalue weighted by molar-refractivity contribution is 6.01. The Hall–Kier alpha value is -2.18. The molecular weight excluding hydrogens is 277 g/mol. The molecule has 2 rings (SSSR count). The van der Waals surface area contributed by atoms with Gasteiger partial charge in [-0.2, -0.15) is 0 Å². The second-order valence-electron chi connectivity index (χ2n) is 5.31. The summed E-state index contributed by atoms with van der Waals surface area (Å²) in [6.45, 7) is 3.84. The molecule has 0 saturated carbocycles. The lowest BCUT2D eigenvalue weighted by atomic mass is 10.1. The lowest BCUT2D eigenvalue weighted by Gasteiger charge is -2.28. The van der Waals surface area contributed by atoms with Crippen LogP contribution in [0.4, 0.5) is 15.8 Å². The lowest BCUT2D eigenvalue weighted by molar-refractivity contribution is -0.384. The topological polar surface area (TPSA) is 89.5 Å². The summed E-state index contributed by atoms with van der Waals surface area (Å²) in [7, 11) is 0. The minimum atomic E-state index is -0.822. The molecule has 0 radical (unpaired) electrons. The van der Waals surface area contributed by atoms with Gasteiger partial charge in [0.1, 0.15) is 17.1 Å². The van der Waals surface area contributed by atoms with Crippen LogP contribution < -0.4 is 5.73 Å². The number of nitrogens with two attached hydrogens (primary N) is 1. The number of likely N-dealkylation sites (tertiary alicyclic amines) is 1. The highest BCUT2D eigenvalue weighted by Gasteiger charge is 2.36. The smallest absolute Gasteiger partial charge is 0.293 e. The number of anilines is 1. The Morgan fingerprint density at radius 3 is 2.76 bits per heavy atom. The molecule has 21 heavy (non-hydrogen) atoms. The maximum atomic E-state index is 14.0. The molecule has 0 aliphatic carbocycles. The Morgan fingerprint density at radius 1 is 1.52 bits per heavy atom. The van der Waals surface area contributed by atoms with E-state index in [1.165, 1.54) is 0 Å². The Labute approximate surface area is 121 Å². The zero-order chi connectivity index (χ0) is 15.7. The number of benzene rings is 1. The molecule has 2 atom stereocenters. The van der Waals surface area contributed by atoms with Gasteiger partial charge in [0.05, 0.1) is 4.92 Å². The van der Waals surface area contributed by atoms with Crippen LogP contribution in [0.1, 0.15) is 43.5 Å². The molecule has 1 saturated heterocycles. The zero-order valence-electron chi connectivity index (χ0n) is 12.0. The quantitative estimate of drug-likeness (QED) is 0.527. The second kappa shape index (κ2) is 5.67. The van der Waals surface area contributed by atoms with Crippen molar-refractivity contribution in [3.63, 3.8) is 0 Å². The third-order valence-electron chi connectivity index (χ3n) is 4.07. The molecule has 1 amide bonds. The molecule has 1 aliphatic rings. The van der Waals surface area contributed by atoms with Gasteiger partial charge < -0.3 is 10.6 Å². The number of hydrogen-bond donors (Lipinski definition) is 1.